The fraction of sp³-hybridized carbons (Fsp3) is 1.00. The third kappa shape index (κ3) is 5.28. The monoisotopic (exact) mass is 228 g/mol. The van der Waals surface area contributed by atoms with Crippen molar-refractivity contribution in [2.45, 2.75) is 46.3 Å². The van der Waals surface area contributed by atoms with Gasteiger partial charge in [0, 0.05) is 25.7 Å². The molecule has 1 atom stereocenters. The van der Waals surface area contributed by atoms with Crippen molar-refractivity contribution in [1.82, 2.24) is 10.2 Å². The second-order valence-electron chi connectivity index (χ2n) is 6.01. The molecular weight excluding hydrogens is 200 g/mol. The van der Waals surface area contributed by atoms with E-state index in [2.05, 4.69) is 44.8 Å². The van der Waals surface area contributed by atoms with E-state index >= 15 is 0 Å². The van der Waals surface area contributed by atoms with Crippen molar-refractivity contribution in [3.05, 3.63) is 0 Å². The number of rotatable bonds is 5. The molecular formula is C13H28N2O. The van der Waals surface area contributed by atoms with Gasteiger partial charge in [0.25, 0.3) is 0 Å². The zero-order valence-electron chi connectivity index (χ0n) is 11.5. The molecule has 0 aromatic heterocycles. The number of ether oxygens (including phenoxy) is 1. The fourth-order valence-electron chi connectivity index (χ4n) is 2.21. The smallest absolute Gasteiger partial charge is 0.0753 e. The molecule has 1 N–H and O–H groups in total. The van der Waals surface area contributed by atoms with Gasteiger partial charge >= 0.3 is 0 Å². The quantitative estimate of drug-likeness (QED) is 0.775. The molecule has 1 unspecified atom stereocenters. The average molecular weight is 228 g/mol. The van der Waals surface area contributed by atoms with Crippen LogP contribution in [0.3, 0.4) is 0 Å². The molecule has 3 heteroatoms. The fourth-order valence-corrected chi connectivity index (χ4v) is 2.21. The second kappa shape index (κ2) is 5.99. The van der Waals surface area contributed by atoms with Gasteiger partial charge in [-0.15, -0.1) is 0 Å². The topological polar surface area (TPSA) is 24.5 Å². The molecule has 0 aromatic carbocycles. The zero-order valence-corrected chi connectivity index (χ0v) is 11.5. The van der Waals surface area contributed by atoms with Gasteiger partial charge in [-0.2, -0.15) is 0 Å². The van der Waals surface area contributed by atoms with Gasteiger partial charge in [-0.1, -0.05) is 20.8 Å². The molecule has 3 nitrogen and oxygen atoms in total. The van der Waals surface area contributed by atoms with Crippen molar-refractivity contribution in [3.8, 4) is 0 Å². The van der Waals surface area contributed by atoms with Gasteiger partial charge in [-0.3, -0.25) is 4.90 Å². The van der Waals surface area contributed by atoms with Crippen molar-refractivity contribution in [2.24, 2.45) is 5.92 Å². The van der Waals surface area contributed by atoms with Crippen LogP contribution >= 0.6 is 0 Å². The summed E-state index contributed by atoms with van der Waals surface area (Å²) in [6.45, 7) is 16.4. The van der Waals surface area contributed by atoms with Gasteiger partial charge in [0.05, 0.1) is 12.2 Å². The van der Waals surface area contributed by atoms with Crippen molar-refractivity contribution in [2.75, 3.05) is 32.8 Å². The van der Waals surface area contributed by atoms with E-state index in [0.29, 0.717) is 12.0 Å². The molecule has 0 bridgehead atoms. The maximum atomic E-state index is 5.72. The van der Waals surface area contributed by atoms with E-state index in [9.17, 15) is 0 Å². The number of nitrogens with one attached hydrogen (secondary N) is 1. The minimum absolute atomic E-state index is 0.0312. The summed E-state index contributed by atoms with van der Waals surface area (Å²) in [7, 11) is 0. The van der Waals surface area contributed by atoms with Crippen LogP contribution in [0.5, 0.6) is 0 Å². The molecule has 0 radical (unpaired) electrons. The summed E-state index contributed by atoms with van der Waals surface area (Å²) in [6, 6.07) is 0.587. The van der Waals surface area contributed by atoms with Crippen molar-refractivity contribution in [3.63, 3.8) is 0 Å². The Morgan fingerprint density at radius 1 is 1.31 bits per heavy atom. The van der Waals surface area contributed by atoms with Crippen LogP contribution in [-0.4, -0.2) is 49.3 Å². The largest absolute Gasteiger partial charge is 0.373 e. The third-order valence-electron chi connectivity index (χ3n) is 2.95. The third-order valence-corrected chi connectivity index (χ3v) is 2.95. The SMILES string of the molecule is CC(CNC(C)C)CN1CCOC(C)(C)C1. The van der Waals surface area contributed by atoms with E-state index in [1.54, 1.807) is 0 Å². The van der Waals surface area contributed by atoms with Gasteiger partial charge in [-0.05, 0) is 26.3 Å². The Morgan fingerprint density at radius 2 is 2.00 bits per heavy atom. The van der Waals surface area contributed by atoms with Gasteiger partial charge in [0.1, 0.15) is 0 Å². The van der Waals surface area contributed by atoms with E-state index in [0.717, 1.165) is 26.2 Å². The lowest BCUT2D eigenvalue weighted by atomic mass is 10.1. The lowest BCUT2D eigenvalue weighted by molar-refractivity contribution is -0.0884. The summed E-state index contributed by atoms with van der Waals surface area (Å²) in [5.74, 6) is 0.705. The van der Waals surface area contributed by atoms with Crippen molar-refractivity contribution >= 4 is 0 Å². The summed E-state index contributed by atoms with van der Waals surface area (Å²) in [5, 5.41) is 3.50. The molecule has 1 aliphatic rings. The van der Waals surface area contributed by atoms with Gasteiger partial charge < -0.3 is 10.1 Å². The van der Waals surface area contributed by atoms with Crippen LogP contribution in [0.1, 0.15) is 34.6 Å². The Labute approximate surface area is 101 Å². The first kappa shape index (κ1) is 13.9. The molecule has 1 rings (SSSR count). The van der Waals surface area contributed by atoms with Crippen molar-refractivity contribution in [1.29, 1.82) is 0 Å². The van der Waals surface area contributed by atoms with E-state index < -0.39 is 0 Å². The van der Waals surface area contributed by atoms with Crippen LogP contribution in [0.2, 0.25) is 0 Å². The van der Waals surface area contributed by atoms with Gasteiger partial charge in [0.2, 0.25) is 0 Å². The second-order valence-corrected chi connectivity index (χ2v) is 6.01. The summed E-state index contributed by atoms with van der Waals surface area (Å²) >= 11 is 0. The number of morpholine rings is 1. The number of hydrogen-bond donors (Lipinski definition) is 1. The summed E-state index contributed by atoms with van der Waals surface area (Å²) in [4.78, 5) is 2.52. The maximum Gasteiger partial charge on any atom is 0.0753 e. The molecule has 0 saturated carbocycles. The Kier molecular flexibility index (Phi) is 5.22. The highest BCUT2D eigenvalue weighted by atomic mass is 16.5. The lowest BCUT2D eigenvalue weighted by Gasteiger charge is -2.39. The Morgan fingerprint density at radius 3 is 2.56 bits per heavy atom. The first-order valence-corrected chi connectivity index (χ1v) is 6.49. The first-order chi connectivity index (χ1) is 7.39. The predicted octanol–water partition coefficient (Wildman–Crippen LogP) is 1.73. The molecule has 1 saturated heterocycles. The highest BCUT2D eigenvalue weighted by Crippen LogP contribution is 2.17. The van der Waals surface area contributed by atoms with Crippen LogP contribution < -0.4 is 5.32 Å². The highest BCUT2D eigenvalue weighted by molar-refractivity contribution is 4.80. The molecule has 0 aliphatic carbocycles. The lowest BCUT2D eigenvalue weighted by Crippen LogP contribution is -2.50. The maximum absolute atomic E-state index is 5.72. The molecule has 16 heavy (non-hydrogen) atoms. The Hall–Kier alpha value is -0.120. The van der Waals surface area contributed by atoms with Crippen LogP contribution in [0.4, 0.5) is 0 Å². The van der Waals surface area contributed by atoms with Crippen LogP contribution in [0.15, 0.2) is 0 Å². The minimum atomic E-state index is 0.0312. The van der Waals surface area contributed by atoms with Gasteiger partial charge in [-0.25, -0.2) is 0 Å². The number of nitrogens with zero attached hydrogens (tertiary/aromatic N) is 1. The van der Waals surface area contributed by atoms with E-state index in [1.165, 1.54) is 6.54 Å². The van der Waals surface area contributed by atoms with Gasteiger partial charge in [0.15, 0.2) is 0 Å². The summed E-state index contributed by atoms with van der Waals surface area (Å²) in [5.41, 5.74) is 0.0312. The summed E-state index contributed by atoms with van der Waals surface area (Å²) in [6.07, 6.45) is 0. The average Bonchev–Trinajstić information content (AvgIpc) is 2.13. The molecule has 1 heterocycles. The van der Waals surface area contributed by atoms with Crippen LogP contribution in [-0.2, 0) is 4.74 Å². The molecule has 96 valence electrons. The molecule has 0 spiro atoms. The standard InChI is InChI=1S/C13H28N2O/c1-11(2)14-8-12(3)9-15-6-7-16-13(4,5)10-15/h11-12,14H,6-10H2,1-5H3. The zero-order chi connectivity index (χ0) is 12.2. The Bertz CT molecular complexity index is 204. The molecule has 1 aliphatic heterocycles. The predicted molar refractivity (Wildman–Crippen MR) is 68.8 cm³/mol. The van der Waals surface area contributed by atoms with E-state index in [-0.39, 0.29) is 5.60 Å². The van der Waals surface area contributed by atoms with Crippen molar-refractivity contribution < 1.29 is 4.74 Å². The molecule has 0 aromatic rings. The van der Waals surface area contributed by atoms with E-state index in [4.69, 9.17) is 4.74 Å². The normalized spacial score (nSPS) is 23.6. The van der Waals surface area contributed by atoms with E-state index in [1.807, 2.05) is 0 Å². The Balaban J connectivity index is 2.25. The van der Waals surface area contributed by atoms with Crippen LogP contribution in [0.25, 0.3) is 0 Å². The van der Waals surface area contributed by atoms with Crippen LogP contribution in [0, 0.1) is 5.92 Å². The highest BCUT2D eigenvalue weighted by Gasteiger charge is 2.27. The molecule has 0 amide bonds. The first-order valence-electron chi connectivity index (χ1n) is 6.49. The minimum Gasteiger partial charge on any atom is -0.373 e. The number of hydrogen-bond acceptors (Lipinski definition) is 3. The summed E-state index contributed by atoms with van der Waals surface area (Å²) < 4.78 is 5.72. The molecule has 1 fully saturated rings.